The number of pyridine rings is 4. The fourth-order valence-corrected chi connectivity index (χ4v) is 17.0. The zero-order chi connectivity index (χ0) is 78.1. The number of allylic oxidation sites excluding steroid dienone is 2. The minimum absolute atomic E-state index is 0.0421. The number of ether oxygens (including phenoxy) is 8. The van der Waals surface area contributed by atoms with Gasteiger partial charge in [0.05, 0.1) is 87.7 Å². The lowest BCUT2D eigenvalue weighted by Crippen LogP contribution is -2.54. The van der Waals surface area contributed by atoms with Crippen molar-refractivity contribution in [2.24, 2.45) is 23.7 Å². The van der Waals surface area contributed by atoms with Gasteiger partial charge in [0.1, 0.15) is 62.8 Å². The number of hydrogen-bond acceptors (Lipinski definition) is 21. The summed E-state index contributed by atoms with van der Waals surface area (Å²) in [5.41, 5.74) is 0.208. The predicted molar refractivity (Wildman–Crippen MR) is 406 cm³/mol. The number of aromatic nitrogens is 4. The molecule has 10 heterocycles. The van der Waals surface area contributed by atoms with E-state index in [4.69, 9.17) is 57.3 Å². The van der Waals surface area contributed by atoms with E-state index in [-0.39, 0.29) is 87.3 Å². The van der Waals surface area contributed by atoms with Crippen LogP contribution >= 0.6 is 0 Å². The standard InChI is InChI=1S/C44H64N4O9Si.C38H50N4O8/c1-11-54-40(52)44-24-29(44)18-16-14-12-13-15-17-28(23-35(49)56-41(2,3)4)39(51)48-27-43(25-33(48)38(50)47-44)22-21-30-36-31(19-20-34(46-36)53-8)45-32(37(30)57-43)26-55-58(9,10)42(5,6)7;1-7-48-35(46)38-20-25(38)14-12-10-8-9-11-13-24(19-30(43)49-36(3,4)5)34(45)42-22-37(21-28(42)33(44)41-38)18-17-26-31-27(15-16-29(40-31)47-6)39-23(2)32(26)50-37/h16,18-20,28-29,33H,11-15,17,21-27H2,1-10H3,(H,47,50);12,14-16,24-25,28H,7-11,13,17-22H2,1-6H3,(H,41,44)/b18-16-;14-12-/t28-,29-,33+,43-,44-;24-,25-,28+,37-,38-/m11/s1. The number of nitrogens with zero attached hydrogens (tertiary/aromatic N) is 6. The highest BCUT2D eigenvalue weighted by molar-refractivity contribution is 6.74. The number of rotatable bonds is 13. The van der Waals surface area contributed by atoms with Crippen molar-refractivity contribution in [2.45, 2.75) is 282 Å². The molecular formula is C82H114N8O17Si. The van der Waals surface area contributed by atoms with Crippen LogP contribution in [0.1, 0.15) is 214 Å². The lowest BCUT2D eigenvalue weighted by Gasteiger charge is -2.38. The third-order valence-electron chi connectivity index (χ3n) is 23.0. The first-order valence-electron chi connectivity index (χ1n) is 39.1. The van der Waals surface area contributed by atoms with Gasteiger partial charge in [-0.3, -0.25) is 28.8 Å². The smallest absolute Gasteiger partial charge is 0.332 e. The molecule has 4 fully saturated rings. The lowest BCUT2D eigenvalue weighted by molar-refractivity contribution is -0.159. The van der Waals surface area contributed by atoms with Gasteiger partial charge in [-0.2, -0.15) is 0 Å². The van der Waals surface area contributed by atoms with Crippen LogP contribution in [-0.4, -0.2) is 172 Å². The molecule has 0 aromatic carbocycles. The topological polar surface area (TPSA) is 302 Å². The van der Waals surface area contributed by atoms with Crippen LogP contribution in [-0.2, 0) is 81.2 Å². The first kappa shape index (κ1) is 80.7. The molecule has 10 atom stereocenters. The molecule has 588 valence electrons. The SMILES string of the molecule is CCOC(=O)[C@@]12C[C@H]1/C=C\CCCCC[C@H](CC(=O)OC(C)(C)C)C(=O)N1C[C@@]3(CCc4c(c(C)nc5ccc(OC)nc45)O3)C[C@H]1C(=O)N2.CCOC(=O)[C@@]12C[C@H]1/C=C\CCCCC[C@H](CC(=O)OC(C)(C)C)C(=O)N1C[C@@]3(CCc4c(c(CO[Si](C)(C)C(C)(C)C)nc5ccc(OC)nc45)O3)C[C@H]1C(=O)N2. The second kappa shape index (κ2) is 32.0. The van der Waals surface area contributed by atoms with Gasteiger partial charge in [-0.1, -0.05) is 70.8 Å². The van der Waals surface area contributed by atoms with Gasteiger partial charge >= 0.3 is 23.9 Å². The third kappa shape index (κ3) is 17.8. The van der Waals surface area contributed by atoms with Gasteiger partial charge in [0.15, 0.2) is 8.32 Å². The molecule has 108 heavy (non-hydrogen) atoms. The van der Waals surface area contributed by atoms with Gasteiger partial charge in [-0.15, -0.1) is 0 Å². The van der Waals surface area contributed by atoms with Gasteiger partial charge in [0.2, 0.25) is 35.4 Å². The molecule has 2 saturated carbocycles. The molecule has 6 aliphatic heterocycles. The average molecular weight is 1510 g/mol. The second-order valence-electron chi connectivity index (χ2n) is 34.4. The van der Waals surface area contributed by atoms with E-state index in [1.165, 1.54) is 0 Å². The van der Waals surface area contributed by atoms with Gasteiger partial charge in [-0.05, 0) is 170 Å². The van der Waals surface area contributed by atoms with Crippen molar-refractivity contribution < 1.29 is 80.7 Å². The minimum atomic E-state index is -2.22. The van der Waals surface area contributed by atoms with Gasteiger partial charge in [-0.25, -0.2) is 29.5 Å². The van der Waals surface area contributed by atoms with E-state index in [0.29, 0.717) is 103 Å². The summed E-state index contributed by atoms with van der Waals surface area (Å²) in [6.07, 6.45) is 18.9. The van der Waals surface area contributed by atoms with Crippen molar-refractivity contribution in [1.82, 2.24) is 40.4 Å². The maximum atomic E-state index is 14.9. The normalized spacial score (nSPS) is 28.1. The molecule has 4 amide bonds. The second-order valence-corrected chi connectivity index (χ2v) is 39.2. The first-order chi connectivity index (χ1) is 51.0. The van der Waals surface area contributed by atoms with Gasteiger partial charge in [0, 0.05) is 59.8 Å². The Morgan fingerprint density at radius 3 is 1.44 bits per heavy atom. The quantitative estimate of drug-likeness (QED) is 0.0544. The Kier molecular flexibility index (Phi) is 23.9. The van der Waals surface area contributed by atoms with Crippen LogP contribution in [0.15, 0.2) is 48.6 Å². The van der Waals surface area contributed by atoms with Crippen LogP contribution in [0.3, 0.4) is 0 Å². The number of carbonyl (C=O) groups is 8. The Labute approximate surface area is 636 Å². The van der Waals surface area contributed by atoms with Crippen LogP contribution in [0.5, 0.6) is 23.3 Å². The van der Waals surface area contributed by atoms with Crippen molar-refractivity contribution in [3.05, 3.63) is 71.1 Å². The summed E-state index contributed by atoms with van der Waals surface area (Å²) in [4.78, 5) is 134. The number of fused-ring (bicyclic) bond motifs is 10. The first-order valence-corrected chi connectivity index (χ1v) is 42.0. The van der Waals surface area contributed by atoms with E-state index in [0.717, 1.165) is 68.0 Å². The summed E-state index contributed by atoms with van der Waals surface area (Å²) < 4.78 is 53.9. The van der Waals surface area contributed by atoms with Crippen molar-refractivity contribution in [3.8, 4) is 23.3 Å². The molecule has 2 spiro atoms. The maximum absolute atomic E-state index is 14.9. The molecule has 12 rings (SSSR count). The average Bonchev–Trinajstić information content (AvgIpc) is 1.66. The number of hydrogen-bond donors (Lipinski definition) is 2. The summed E-state index contributed by atoms with van der Waals surface area (Å²) in [5, 5.41) is 6.09. The molecule has 0 unspecified atom stereocenters. The summed E-state index contributed by atoms with van der Waals surface area (Å²) in [6, 6.07) is 5.42. The number of amides is 4. The van der Waals surface area contributed by atoms with Crippen LogP contribution in [0.4, 0.5) is 0 Å². The number of aryl methyl sites for hydroxylation is 3. The fourth-order valence-electron chi connectivity index (χ4n) is 16.1. The van der Waals surface area contributed by atoms with Crippen molar-refractivity contribution in [2.75, 3.05) is 40.5 Å². The zero-order valence-electron chi connectivity index (χ0n) is 66.4. The molecule has 4 aromatic rings. The number of esters is 4. The van der Waals surface area contributed by atoms with Gasteiger partial charge < -0.3 is 62.8 Å². The molecule has 0 radical (unpaired) electrons. The Morgan fingerprint density at radius 2 is 1.02 bits per heavy atom. The van der Waals surface area contributed by atoms with Crippen molar-refractivity contribution >= 4 is 77.9 Å². The lowest BCUT2D eigenvalue weighted by atomic mass is 9.88. The Bertz CT molecular complexity index is 4160. The number of carbonyl (C=O) groups excluding carboxylic acids is 8. The Hall–Kier alpha value is -8.26. The third-order valence-corrected chi connectivity index (χ3v) is 27.4. The van der Waals surface area contributed by atoms with E-state index in [1.54, 1.807) is 91.5 Å². The molecule has 0 bridgehead atoms. The highest BCUT2D eigenvalue weighted by atomic mass is 28.4. The molecule has 4 aromatic heterocycles. The molecule has 2 N–H and O–H groups in total. The van der Waals surface area contributed by atoms with E-state index < -0.39 is 101 Å². The van der Waals surface area contributed by atoms with E-state index in [2.05, 4.69) is 61.6 Å². The van der Waals surface area contributed by atoms with Crippen molar-refractivity contribution in [3.63, 3.8) is 0 Å². The maximum Gasteiger partial charge on any atom is 0.332 e. The van der Waals surface area contributed by atoms with Crippen molar-refractivity contribution in [1.29, 1.82) is 0 Å². The summed E-state index contributed by atoms with van der Waals surface area (Å²) >= 11 is 0. The highest BCUT2D eigenvalue weighted by Gasteiger charge is 2.65. The molecule has 26 heteroatoms. The summed E-state index contributed by atoms with van der Waals surface area (Å²) in [5.74, 6) is -3.05. The van der Waals surface area contributed by atoms with E-state index >= 15 is 0 Å². The Balaban J connectivity index is 0.000000217. The molecule has 2 aliphatic carbocycles. The van der Waals surface area contributed by atoms with Crippen LogP contribution in [0, 0.1) is 30.6 Å². The predicted octanol–water partition coefficient (Wildman–Crippen LogP) is 12.0. The van der Waals surface area contributed by atoms with Crippen LogP contribution in [0.25, 0.3) is 22.1 Å². The number of nitrogens with one attached hydrogen (secondary N) is 2. The van der Waals surface area contributed by atoms with E-state index in [1.807, 2.05) is 31.2 Å². The summed E-state index contributed by atoms with van der Waals surface area (Å²) in [7, 11) is 0.924. The largest absolute Gasteiger partial charge is 0.483 e. The van der Waals surface area contributed by atoms with E-state index in [9.17, 15) is 38.4 Å². The monoisotopic (exact) mass is 1510 g/mol. The molecule has 25 nitrogen and oxygen atoms in total. The Morgan fingerprint density at radius 1 is 0.583 bits per heavy atom. The van der Waals surface area contributed by atoms with Crippen LogP contribution in [0.2, 0.25) is 18.1 Å². The fraction of sp³-hybridized carbons (Fsp3) is 0.659. The molecule has 8 aliphatic rings. The highest BCUT2D eigenvalue weighted by Crippen LogP contribution is 2.52. The minimum Gasteiger partial charge on any atom is -0.483 e. The molecule has 2 saturated heterocycles. The molecular weight excluding hydrogens is 1400 g/mol. The number of methoxy groups -OCH3 is 2. The summed E-state index contributed by atoms with van der Waals surface area (Å²) in [6.45, 7) is 28.0. The van der Waals surface area contributed by atoms with Gasteiger partial charge in [0.25, 0.3) is 0 Å². The van der Waals surface area contributed by atoms with Crippen LogP contribution < -0.4 is 29.6 Å². The zero-order valence-corrected chi connectivity index (χ0v) is 67.4.